The Morgan fingerprint density at radius 2 is 0.412 bits per heavy atom. The lowest BCUT2D eigenvalue weighted by Crippen LogP contribution is -2.60. The maximum absolute atomic E-state index is 6.73. The molecule has 0 saturated heterocycles. The Bertz CT molecular complexity index is 9660. The molecule has 0 radical (unpaired) electrons. The van der Waals surface area contributed by atoms with Crippen LogP contribution in [0.4, 0.5) is 0 Å². The number of ether oxygens (including phenoxy) is 8. The molecule has 0 saturated carbocycles. The summed E-state index contributed by atoms with van der Waals surface area (Å²) in [5, 5.41) is 10.1. The molecule has 12 aliphatic heterocycles. The molecule has 12 nitrogen and oxygen atoms in total. The van der Waals surface area contributed by atoms with Crippen molar-refractivity contribution in [3.63, 3.8) is 0 Å². The fourth-order valence-electron chi connectivity index (χ4n) is 25.3. The fraction of sp³-hybridized carbons (Fsp3) is 0. The number of nitrogens with zero attached hydrogens (tertiary/aromatic N) is 4. The summed E-state index contributed by atoms with van der Waals surface area (Å²) in [6.07, 6.45) is 0. The van der Waals surface area contributed by atoms with Gasteiger partial charge in [0, 0.05) is 98.8 Å². The summed E-state index contributed by atoms with van der Waals surface area (Å²) in [4.78, 5) is 0. The van der Waals surface area contributed by atoms with E-state index in [4.69, 9.17) is 37.9 Å². The summed E-state index contributed by atoms with van der Waals surface area (Å²) in [5.74, 6) is 14.6. The Kier molecular flexibility index (Phi) is 13.8. The molecule has 4 aromatic heterocycles. The number of aromatic nitrogens is 4. The van der Waals surface area contributed by atoms with Crippen molar-refractivity contribution in [2.75, 3.05) is 0 Å². The molecule has 0 fully saturated rings. The Labute approximate surface area is 778 Å². The maximum atomic E-state index is 6.73. The zero-order chi connectivity index (χ0) is 87.9. The lowest BCUT2D eigenvalue weighted by atomic mass is 9.33. The van der Waals surface area contributed by atoms with Crippen molar-refractivity contribution in [3.8, 4) is 159 Å². The van der Waals surface area contributed by atoms with Gasteiger partial charge in [-0.2, -0.15) is 0 Å². The van der Waals surface area contributed by atoms with Gasteiger partial charge < -0.3 is 56.2 Å². The van der Waals surface area contributed by atoms with Crippen molar-refractivity contribution < 1.29 is 37.9 Å². The average molecular weight is 1730 g/mol. The number of benzene rings is 20. The van der Waals surface area contributed by atoms with Crippen molar-refractivity contribution in [3.05, 3.63) is 388 Å². The lowest BCUT2D eigenvalue weighted by molar-refractivity contribution is 0.464. The van der Waals surface area contributed by atoms with Gasteiger partial charge in [-0.3, -0.25) is 0 Å². The molecule has 0 unspecified atom stereocenters. The highest BCUT2D eigenvalue weighted by Gasteiger charge is 2.53. The molecule has 136 heavy (non-hydrogen) atoms. The molecule has 0 atom stereocenters. The van der Waals surface area contributed by atoms with Gasteiger partial charge in [0.15, 0.2) is 0 Å². The van der Waals surface area contributed by atoms with Gasteiger partial charge in [0.25, 0.3) is 26.9 Å². The second-order valence-electron chi connectivity index (χ2n) is 37.2. The maximum Gasteiger partial charge on any atom is 0.266 e. The van der Waals surface area contributed by atoms with Gasteiger partial charge in [-0.25, -0.2) is 0 Å². The SMILES string of the molecule is c1ccc(-c2cc3c4c(c2)-n2c5ccccc5c5ccc6c(c52)B4c2c(cccc2O6)O3)cc1.c1ccc(-c2cc3c4c(c2)Oc2ccc5c6ccccc6n6c5c2B4c2c(cccc2-6)O3)cc1.c1ccc(-c2ccc3c4c2Oc2cccc5c2B4c2c(ccc4c6ccccc6n-3c24)O5)cc1.c1ccc(-c2ccc3c4c2Oc2cccc5c2B4c2c(ccc4c6ccccc6n-5c24)O3)cc1. The predicted molar refractivity (Wildman–Crippen MR) is 550 cm³/mol. The molecule has 24 aromatic rings. The average Bonchev–Trinajstić information content (AvgIpc) is 1.48. The molecule has 16 heteroatoms. The highest BCUT2D eigenvalue weighted by atomic mass is 16.5. The van der Waals surface area contributed by atoms with E-state index >= 15 is 0 Å². The van der Waals surface area contributed by atoms with Crippen molar-refractivity contribution >= 4 is 180 Å². The summed E-state index contributed by atoms with van der Waals surface area (Å²) < 4.78 is 62.5. The van der Waals surface area contributed by atoms with E-state index in [1.807, 2.05) is 24.3 Å². The minimum Gasteiger partial charge on any atom is -0.458 e. The molecule has 0 bridgehead atoms. The van der Waals surface area contributed by atoms with E-state index < -0.39 is 0 Å². The van der Waals surface area contributed by atoms with Crippen molar-refractivity contribution in [1.29, 1.82) is 0 Å². The second kappa shape index (κ2) is 26.1. The van der Waals surface area contributed by atoms with Gasteiger partial charge in [0.2, 0.25) is 0 Å². The predicted octanol–water partition coefficient (Wildman–Crippen LogP) is 22.0. The van der Waals surface area contributed by atoms with E-state index in [0.29, 0.717) is 0 Å². The van der Waals surface area contributed by atoms with E-state index in [1.54, 1.807) is 0 Å². The third-order valence-electron chi connectivity index (χ3n) is 30.6. The molecular formula is C120H64B4N4O8. The monoisotopic (exact) mass is 1730 g/mol. The van der Waals surface area contributed by atoms with Crippen molar-refractivity contribution in [2.24, 2.45) is 0 Å². The van der Waals surface area contributed by atoms with Crippen LogP contribution in [0.1, 0.15) is 0 Å². The Morgan fingerprint density at radius 3 is 0.831 bits per heavy atom. The van der Waals surface area contributed by atoms with E-state index in [2.05, 4.69) is 382 Å². The fourth-order valence-corrected chi connectivity index (χ4v) is 25.3. The third kappa shape index (κ3) is 9.27. The standard InChI is InChI=1S/4C30H16BNO2/c1-2-7-17(8-3-1)18-13-15-22-26-30(18)34-24-12-6-11-23-27(24)31(26)28-25(33-23)16-14-20-19-9-4-5-10-21(19)32(22)29(20)28;1-2-7-17(8-3-1)18-13-15-25-28-30(18)34-23-12-6-11-22-26(23)31(28)27-24(33-25)16-14-20-19-9-4-5-10-21(19)32(22)29(20)27;1-2-7-17(8-3-1)18-15-22-27-26(16-18)34-24-12-6-11-23-28(24)31(27)29-25(33-23)14-13-20-19-9-4-5-10-21(19)32(22)30(20)29;1-2-7-17(8-3-1)18-15-25-28-26(16-18)34-24-14-13-20-19-9-4-5-10-21(19)32-22-11-6-12-23(33-25)27(22)31(28)29(24)30(20)32/h4*1-16H. The molecule has 624 valence electrons. The summed E-state index contributed by atoms with van der Waals surface area (Å²) in [5.41, 5.74) is 38.2. The minimum absolute atomic E-state index is 0.0814. The van der Waals surface area contributed by atoms with Gasteiger partial charge in [-0.05, 0) is 247 Å². The van der Waals surface area contributed by atoms with Crippen LogP contribution in [0.2, 0.25) is 0 Å². The van der Waals surface area contributed by atoms with Crippen molar-refractivity contribution in [1.82, 2.24) is 18.3 Å². The minimum atomic E-state index is 0.0814. The molecule has 0 spiro atoms. The summed E-state index contributed by atoms with van der Waals surface area (Å²) in [6.45, 7) is 0.355. The van der Waals surface area contributed by atoms with Gasteiger partial charge in [0.1, 0.15) is 92.0 Å². The highest BCUT2D eigenvalue weighted by molar-refractivity contribution is 7.03. The smallest absolute Gasteiger partial charge is 0.266 e. The quantitative estimate of drug-likeness (QED) is 0.161. The highest BCUT2D eigenvalue weighted by Crippen LogP contribution is 2.53. The molecule has 16 heterocycles. The van der Waals surface area contributed by atoms with Crippen LogP contribution in [0.15, 0.2) is 388 Å². The first-order valence-electron chi connectivity index (χ1n) is 46.6. The molecule has 36 rings (SSSR count). The molecular weight excluding hydrogens is 1670 g/mol. The number of para-hydroxylation sites is 4. The zero-order valence-electron chi connectivity index (χ0n) is 72.3. The van der Waals surface area contributed by atoms with E-state index in [0.717, 1.165) is 153 Å². The molecule has 0 amide bonds. The van der Waals surface area contributed by atoms with E-state index in [-0.39, 0.29) is 26.9 Å². The first-order valence-corrected chi connectivity index (χ1v) is 46.6. The summed E-state index contributed by atoms with van der Waals surface area (Å²) in [7, 11) is 0. The number of hydrogen-bond donors (Lipinski definition) is 0. The Morgan fingerprint density at radius 1 is 0.147 bits per heavy atom. The van der Waals surface area contributed by atoms with Crippen LogP contribution < -0.4 is 103 Å². The van der Waals surface area contributed by atoms with Crippen LogP contribution in [0.25, 0.3) is 154 Å². The summed E-state index contributed by atoms with van der Waals surface area (Å²) in [6, 6.07) is 137. The zero-order valence-corrected chi connectivity index (χ0v) is 72.3. The second-order valence-corrected chi connectivity index (χ2v) is 37.2. The van der Waals surface area contributed by atoms with Gasteiger partial charge in [0.05, 0.1) is 44.1 Å². The molecule has 20 aromatic carbocycles. The number of fused-ring (bicyclic) bond motifs is 16. The normalized spacial score (nSPS) is 13.7. The molecule has 0 aliphatic carbocycles. The van der Waals surface area contributed by atoms with Crippen LogP contribution in [0.3, 0.4) is 0 Å². The lowest BCUT2D eigenvalue weighted by Gasteiger charge is -2.38. The van der Waals surface area contributed by atoms with E-state index in [1.165, 1.54) is 159 Å². The van der Waals surface area contributed by atoms with Crippen LogP contribution in [0.5, 0.6) is 92.0 Å². The third-order valence-corrected chi connectivity index (χ3v) is 30.6. The Hall–Kier alpha value is -17.7. The largest absolute Gasteiger partial charge is 0.458 e. The van der Waals surface area contributed by atoms with E-state index in [9.17, 15) is 0 Å². The van der Waals surface area contributed by atoms with Crippen LogP contribution >= 0.6 is 0 Å². The Balaban J connectivity index is 0.0000000814. The first kappa shape index (κ1) is 72.0. The van der Waals surface area contributed by atoms with Gasteiger partial charge >= 0.3 is 0 Å². The molecule has 0 N–H and O–H groups in total. The van der Waals surface area contributed by atoms with Crippen molar-refractivity contribution in [2.45, 2.75) is 0 Å². The topological polar surface area (TPSA) is 93.6 Å². The van der Waals surface area contributed by atoms with Gasteiger partial charge in [-0.1, -0.05) is 218 Å². The molecule has 12 aliphatic rings. The van der Waals surface area contributed by atoms with Crippen LogP contribution in [-0.2, 0) is 0 Å². The van der Waals surface area contributed by atoms with Gasteiger partial charge in [-0.15, -0.1) is 0 Å². The van der Waals surface area contributed by atoms with Crippen LogP contribution in [-0.4, -0.2) is 45.1 Å². The van der Waals surface area contributed by atoms with Crippen LogP contribution in [0, 0.1) is 0 Å². The number of rotatable bonds is 4. The first-order chi connectivity index (χ1) is 67.5. The number of hydrogen-bond acceptors (Lipinski definition) is 8. The summed E-state index contributed by atoms with van der Waals surface area (Å²) >= 11 is 0.